The number of unbranched alkanes of at least 4 members (excludes halogenated alkanes) is 9. The highest BCUT2D eigenvalue weighted by Crippen LogP contribution is 2.54. The Labute approximate surface area is 172 Å². The number of carboxylic acid groups (broad SMARTS) is 2. The first kappa shape index (κ1) is 25.0. The molecule has 0 bridgehead atoms. The molecule has 2 N–H and O–H groups in total. The second-order valence-electron chi connectivity index (χ2n) is 9.70. The van der Waals surface area contributed by atoms with Crippen LogP contribution in [0.1, 0.15) is 124 Å². The zero-order valence-corrected chi connectivity index (χ0v) is 18.6. The van der Waals surface area contributed by atoms with Crippen LogP contribution in [0.4, 0.5) is 0 Å². The van der Waals surface area contributed by atoms with Gasteiger partial charge in [0.25, 0.3) is 0 Å². The second kappa shape index (κ2) is 12.5. The summed E-state index contributed by atoms with van der Waals surface area (Å²) in [4.78, 5) is 24.0. The van der Waals surface area contributed by atoms with Crippen molar-refractivity contribution in [2.45, 2.75) is 124 Å². The minimum absolute atomic E-state index is 0.478. The van der Waals surface area contributed by atoms with Crippen molar-refractivity contribution < 1.29 is 19.8 Å². The fourth-order valence-electron chi connectivity index (χ4n) is 4.98. The molecule has 0 radical (unpaired) electrons. The molecule has 0 aliphatic heterocycles. The van der Waals surface area contributed by atoms with Gasteiger partial charge in [0.2, 0.25) is 0 Å². The molecule has 0 heterocycles. The first-order chi connectivity index (χ1) is 13.3. The van der Waals surface area contributed by atoms with Crippen LogP contribution in [0.15, 0.2) is 0 Å². The quantitative estimate of drug-likeness (QED) is 0.291. The minimum atomic E-state index is -1.13. The van der Waals surface area contributed by atoms with Crippen molar-refractivity contribution in [2.24, 2.45) is 16.7 Å². The van der Waals surface area contributed by atoms with E-state index >= 15 is 0 Å². The Bertz CT molecular complexity index is 473. The molecule has 2 unspecified atom stereocenters. The molecule has 28 heavy (non-hydrogen) atoms. The average Bonchev–Trinajstić information content (AvgIpc) is 2.63. The Balaban J connectivity index is 2.23. The summed E-state index contributed by atoms with van der Waals surface area (Å²) in [5.74, 6) is -1.03. The molecule has 164 valence electrons. The largest absolute Gasteiger partial charge is 0.481 e. The van der Waals surface area contributed by atoms with E-state index in [1.165, 1.54) is 51.4 Å². The van der Waals surface area contributed by atoms with Gasteiger partial charge in [-0.05, 0) is 32.1 Å². The molecule has 1 rings (SSSR count). The van der Waals surface area contributed by atoms with Crippen molar-refractivity contribution in [3.8, 4) is 0 Å². The van der Waals surface area contributed by atoms with Gasteiger partial charge in [-0.1, -0.05) is 97.3 Å². The van der Waals surface area contributed by atoms with Crippen molar-refractivity contribution in [2.75, 3.05) is 0 Å². The first-order valence-corrected chi connectivity index (χ1v) is 11.7. The highest BCUT2D eigenvalue weighted by atomic mass is 16.4. The number of carbonyl (C=O) groups is 2. The fourth-order valence-corrected chi connectivity index (χ4v) is 4.98. The standard InChI is InChI=1S/C24H44O4/c1-20(2)16-12-10-8-6-4-5-7-9-11-13-18-24(22(27)28)19-15-14-17-23(24,3)21(25)26/h20H,4-19H2,1-3H3,(H,25,26)(H,27,28). The molecule has 0 aromatic heterocycles. The topological polar surface area (TPSA) is 74.6 Å². The summed E-state index contributed by atoms with van der Waals surface area (Å²) >= 11 is 0. The van der Waals surface area contributed by atoms with Crippen LogP contribution in [-0.4, -0.2) is 22.2 Å². The number of rotatable bonds is 15. The van der Waals surface area contributed by atoms with Gasteiger partial charge < -0.3 is 10.2 Å². The van der Waals surface area contributed by atoms with E-state index in [2.05, 4.69) is 13.8 Å². The van der Waals surface area contributed by atoms with Gasteiger partial charge in [-0.3, -0.25) is 9.59 Å². The van der Waals surface area contributed by atoms with Gasteiger partial charge in [0.15, 0.2) is 0 Å². The van der Waals surface area contributed by atoms with Crippen molar-refractivity contribution >= 4 is 11.9 Å². The van der Waals surface area contributed by atoms with Crippen molar-refractivity contribution in [1.82, 2.24) is 0 Å². The molecular weight excluding hydrogens is 352 g/mol. The number of hydrogen-bond donors (Lipinski definition) is 2. The van der Waals surface area contributed by atoms with Gasteiger partial charge in [-0.25, -0.2) is 0 Å². The summed E-state index contributed by atoms with van der Waals surface area (Å²) in [6.07, 6.45) is 16.6. The molecule has 0 amide bonds. The Morgan fingerprint density at radius 2 is 1.21 bits per heavy atom. The third-order valence-corrected chi connectivity index (χ3v) is 7.10. The lowest BCUT2D eigenvalue weighted by Crippen LogP contribution is -2.52. The molecule has 0 aromatic rings. The van der Waals surface area contributed by atoms with Crippen LogP contribution >= 0.6 is 0 Å². The summed E-state index contributed by atoms with van der Waals surface area (Å²) in [5.41, 5.74) is -2.22. The predicted octanol–water partition coefficient (Wildman–Crippen LogP) is 7.06. The van der Waals surface area contributed by atoms with Crippen LogP contribution in [-0.2, 0) is 9.59 Å². The molecule has 1 saturated carbocycles. The maximum absolute atomic E-state index is 12.1. The molecule has 0 aromatic carbocycles. The summed E-state index contributed by atoms with van der Waals surface area (Å²) < 4.78 is 0. The second-order valence-corrected chi connectivity index (χ2v) is 9.70. The number of hydrogen-bond acceptors (Lipinski definition) is 2. The van der Waals surface area contributed by atoms with E-state index in [1.54, 1.807) is 6.92 Å². The third-order valence-electron chi connectivity index (χ3n) is 7.10. The Hall–Kier alpha value is -1.06. The SMILES string of the molecule is CC(C)CCCCCCCCCCCCC1(C(=O)O)CCCCC1(C)C(=O)O. The van der Waals surface area contributed by atoms with E-state index in [4.69, 9.17) is 0 Å². The molecule has 1 aliphatic rings. The summed E-state index contributed by atoms with van der Waals surface area (Å²) in [7, 11) is 0. The molecule has 0 saturated heterocycles. The van der Waals surface area contributed by atoms with E-state index in [0.717, 1.165) is 38.0 Å². The zero-order chi connectivity index (χ0) is 21.0. The van der Waals surface area contributed by atoms with E-state index < -0.39 is 22.8 Å². The summed E-state index contributed by atoms with van der Waals surface area (Å²) in [6.45, 7) is 6.23. The number of carboxylic acids is 2. The van der Waals surface area contributed by atoms with E-state index in [1.807, 2.05) is 0 Å². The molecule has 1 fully saturated rings. The maximum Gasteiger partial charge on any atom is 0.310 e. The molecule has 0 spiro atoms. The highest BCUT2D eigenvalue weighted by molar-refractivity contribution is 5.86. The third kappa shape index (κ3) is 7.08. The van der Waals surface area contributed by atoms with Gasteiger partial charge in [0, 0.05) is 0 Å². The van der Waals surface area contributed by atoms with Crippen molar-refractivity contribution in [1.29, 1.82) is 0 Å². The molecule has 4 heteroatoms. The summed E-state index contributed by atoms with van der Waals surface area (Å²) in [5, 5.41) is 19.6. The number of aliphatic carboxylic acids is 2. The van der Waals surface area contributed by atoms with Crippen LogP contribution in [0.3, 0.4) is 0 Å². The zero-order valence-electron chi connectivity index (χ0n) is 18.6. The minimum Gasteiger partial charge on any atom is -0.481 e. The van der Waals surface area contributed by atoms with E-state index in [-0.39, 0.29) is 0 Å². The van der Waals surface area contributed by atoms with Gasteiger partial charge in [-0.15, -0.1) is 0 Å². The predicted molar refractivity (Wildman–Crippen MR) is 115 cm³/mol. The van der Waals surface area contributed by atoms with Gasteiger partial charge >= 0.3 is 11.9 Å². The molecule has 2 atom stereocenters. The Kier molecular flexibility index (Phi) is 11.1. The smallest absolute Gasteiger partial charge is 0.310 e. The average molecular weight is 397 g/mol. The monoisotopic (exact) mass is 396 g/mol. The summed E-state index contributed by atoms with van der Waals surface area (Å²) in [6, 6.07) is 0. The van der Waals surface area contributed by atoms with Gasteiger partial charge in [0.05, 0.1) is 10.8 Å². The van der Waals surface area contributed by atoms with Gasteiger partial charge in [0.1, 0.15) is 0 Å². The van der Waals surface area contributed by atoms with Crippen molar-refractivity contribution in [3.63, 3.8) is 0 Å². The van der Waals surface area contributed by atoms with Crippen LogP contribution < -0.4 is 0 Å². The van der Waals surface area contributed by atoms with Crippen LogP contribution in [0.2, 0.25) is 0 Å². The van der Waals surface area contributed by atoms with Crippen LogP contribution in [0, 0.1) is 16.7 Å². The maximum atomic E-state index is 12.1. The fraction of sp³-hybridized carbons (Fsp3) is 0.917. The molecule has 1 aliphatic carbocycles. The first-order valence-electron chi connectivity index (χ1n) is 11.7. The lowest BCUT2D eigenvalue weighted by Gasteiger charge is -2.46. The highest BCUT2D eigenvalue weighted by Gasteiger charge is 2.58. The Morgan fingerprint density at radius 3 is 1.68 bits per heavy atom. The molecular formula is C24H44O4. The van der Waals surface area contributed by atoms with Gasteiger partial charge in [-0.2, -0.15) is 0 Å². The normalized spacial score (nSPS) is 25.1. The molecule has 4 nitrogen and oxygen atoms in total. The lowest BCUT2D eigenvalue weighted by atomic mass is 9.55. The Morgan fingerprint density at radius 1 is 0.750 bits per heavy atom. The lowest BCUT2D eigenvalue weighted by molar-refractivity contribution is -0.179. The van der Waals surface area contributed by atoms with Crippen LogP contribution in [0.25, 0.3) is 0 Å². The van der Waals surface area contributed by atoms with Crippen molar-refractivity contribution in [3.05, 3.63) is 0 Å². The van der Waals surface area contributed by atoms with E-state index in [9.17, 15) is 19.8 Å². The van der Waals surface area contributed by atoms with Crippen LogP contribution in [0.5, 0.6) is 0 Å². The van der Waals surface area contributed by atoms with E-state index in [0.29, 0.717) is 19.3 Å².